The molecule has 5 rings (SSSR count). The largest absolute Gasteiger partial charge is 0.493 e. The maximum Gasteiger partial charge on any atom is 0.335 e. The first-order valence-corrected chi connectivity index (χ1v) is 11.3. The molecule has 0 aliphatic carbocycles. The Morgan fingerprint density at radius 2 is 2.14 bits per heavy atom. The summed E-state index contributed by atoms with van der Waals surface area (Å²) in [6.07, 6.45) is 2.08. The summed E-state index contributed by atoms with van der Waals surface area (Å²) in [5, 5.41) is 11.2. The summed E-state index contributed by atoms with van der Waals surface area (Å²) in [6, 6.07) is 8.18. The number of benzene rings is 2. The number of methoxy groups -OCH3 is 1. The number of aromatic amines is 1. The van der Waals surface area contributed by atoms with Crippen LogP contribution in [0.25, 0.3) is 5.69 Å². The first kappa shape index (κ1) is 23.0. The molecule has 2 aromatic carbocycles. The lowest BCUT2D eigenvalue weighted by atomic mass is 9.91. The standard InChI is InChI=1S/C24H23ClN4O6/c1-28-7-6-13-8-18-20(35-12-34-18)21(33-2)19(13)17(28)11-26-10-16-22(30)27-24(32)29(23(16)31)15-5-3-4-14(25)9-15/h3-5,8-10,17,31H,6-7,11-12H2,1-2H3,(H,27,30,32)/t17-/m1/s1. The second-order valence-electron chi connectivity index (χ2n) is 8.27. The van der Waals surface area contributed by atoms with E-state index in [-0.39, 0.29) is 24.9 Å². The molecule has 0 saturated carbocycles. The summed E-state index contributed by atoms with van der Waals surface area (Å²) in [6.45, 7) is 1.20. The highest BCUT2D eigenvalue weighted by molar-refractivity contribution is 6.30. The van der Waals surface area contributed by atoms with Crippen molar-refractivity contribution in [3.05, 3.63) is 72.9 Å². The second-order valence-corrected chi connectivity index (χ2v) is 8.71. The number of aromatic nitrogens is 2. The number of aromatic hydroxyl groups is 1. The average Bonchev–Trinajstić information content (AvgIpc) is 3.29. The molecule has 0 saturated heterocycles. The van der Waals surface area contributed by atoms with Gasteiger partial charge in [-0.25, -0.2) is 9.36 Å². The molecule has 3 heterocycles. The van der Waals surface area contributed by atoms with Crippen molar-refractivity contribution in [3.8, 4) is 28.8 Å². The van der Waals surface area contributed by atoms with Gasteiger partial charge in [-0.15, -0.1) is 0 Å². The Bertz CT molecular complexity index is 1450. The predicted molar refractivity (Wildman–Crippen MR) is 130 cm³/mol. The summed E-state index contributed by atoms with van der Waals surface area (Å²) < 4.78 is 17.8. The number of rotatable bonds is 5. The van der Waals surface area contributed by atoms with Gasteiger partial charge < -0.3 is 19.3 Å². The number of nitrogens with zero attached hydrogens (tertiary/aromatic N) is 3. The number of H-pyrrole nitrogens is 1. The Morgan fingerprint density at radius 1 is 1.31 bits per heavy atom. The summed E-state index contributed by atoms with van der Waals surface area (Å²) in [5.41, 5.74) is 0.680. The van der Waals surface area contributed by atoms with Crippen LogP contribution in [-0.4, -0.2) is 59.8 Å². The van der Waals surface area contributed by atoms with E-state index in [1.165, 1.54) is 12.3 Å². The molecule has 1 aromatic heterocycles. The van der Waals surface area contributed by atoms with Gasteiger partial charge in [-0.2, -0.15) is 0 Å². The minimum Gasteiger partial charge on any atom is -0.493 e. The smallest absolute Gasteiger partial charge is 0.335 e. The van der Waals surface area contributed by atoms with Gasteiger partial charge in [0, 0.05) is 23.3 Å². The zero-order valence-corrected chi connectivity index (χ0v) is 19.8. The molecule has 11 heteroatoms. The lowest BCUT2D eigenvalue weighted by molar-refractivity contribution is 0.170. The predicted octanol–water partition coefficient (Wildman–Crippen LogP) is 2.27. The average molecular weight is 499 g/mol. The van der Waals surface area contributed by atoms with E-state index in [9.17, 15) is 14.7 Å². The molecule has 1 atom stereocenters. The van der Waals surface area contributed by atoms with Gasteiger partial charge in [0.15, 0.2) is 11.5 Å². The number of fused-ring (bicyclic) bond motifs is 2. The van der Waals surface area contributed by atoms with Crippen LogP contribution >= 0.6 is 11.6 Å². The van der Waals surface area contributed by atoms with Crippen LogP contribution in [0.15, 0.2) is 44.9 Å². The van der Waals surface area contributed by atoms with Crippen molar-refractivity contribution in [2.45, 2.75) is 12.5 Å². The Balaban J connectivity index is 1.51. The van der Waals surface area contributed by atoms with Gasteiger partial charge in [0.25, 0.3) is 5.56 Å². The summed E-state index contributed by atoms with van der Waals surface area (Å²) >= 11 is 6.03. The van der Waals surface area contributed by atoms with Gasteiger partial charge in [0.05, 0.1) is 25.4 Å². The quantitative estimate of drug-likeness (QED) is 0.518. The van der Waals surface area contributed by atoms with Crippen LogP contribution in [0.4, 0.5) is 0 Å². The minimum atomic E-state index is -0.784. The van der Waals surface area contributed by atoms with Crippen molar-refractivity contribution in [3.63, 3.8) is 0 Å². The molecule has 0 fully saturated rings. The fourth-order valence-corrected chi connectivity index (χ4v) is 4.69. The highest BCUT2D eigenvalue weighted by atomic mass is 35.5. The van der Waals surface area contributed by atoms with Crippen molar-refractivity contribution in [1.29, 1.82) is 0 Å². The molecule has 0 unspecified atom stereocenters. The number of hydrogen-bond acceptors (Lipinski definition) is 8. The van der Waals surface area contributed by atoms with E-state index in [0.717, 1.165) is 28.7 Å². The fraction of sp³-hybridized carbons (Fsp3) is 0.292. The number of aliphatic imine (C=N–C) groups is 1. The van der Waals surface area contributed by atoms with Gasteiger partial charge in [0.2, 0.25) is 18.4 Å². The zero-order chi connectivity index (χ0) is 24.7. The normalized spacial score (nSPS) is 17.1. The molecule has 2 aliphatic rings. The van der Waals surface area contributed by atoms with Gasteiger partial charge in [-0.3, -0.25) is 19.7 Å². The summed E-state index contributed by atoms with van der Waals surface area (Å²) in [4.78, 5) is 33.7. The Kier molecular flexibility index (Phi) is 6.00. The first-order chi connectivity index (χ1) is 16.9. The van der Waals surface area contributed by atoms with Crippen molar-refractivity contribution < 1.29 is 19.3 Å². The number of halogens is 1. The van der Waals surface area contributed by atoms with E-state index in [2.05, 4.69) is 14.9 Å². The lowest BCUT2D eigenvalue weighted by Crippen LogP contribution is -2.34. The van der Waals surface area contributed by atoms with Crippen LogP contribution in [0.2, 0.25) is 5.02 Å². The molecular formula is C24H23ClN4O6. The SMILES string of the molecule is COc1c2c(cc3c1[C@@H](CN=Cc1c(O)n(-c4cccc(Cl)c4)c(=O)[nH]c1=O)N(C)CC3)OCO2. The Labute approximate surface area is 205 Å². The van der Waals surface area contributed by atoms with Gasteiger partial charge in [-0.05, 0) is 43.3 Å². The molecule has 3 aromatic rings. The van der Waals surface area contributed by atoms with Gasteiger partial charge in [0.1, 0.15) is 5.56 Å². The van der Waals surface area contributed by atoms with Crippen LogP contribution in [0.1, 0.15) is 22.7 Å². The molecule has 2 N–H and O–H groups in total. The number of nitrogens with one attached hydrogen (secondary N) is 1. The van der Waals surface area contributed by atoms with Crippen LogP contribution in [0.5, 0.6) is 23.1 Å². The highest BCUT2D eigenvalue weighted by Gasteiger charge is 2.33. The monoisotopic (exact) mass is 498 g/mol. The highest BCUT2D eigenvalue weighted by Crippen LogP contribution is 2.49. The number of likely N-dealkylation sites (N-methyl/N-ethyl adjacent to an activating group) is 1. The fourth-order valence-electron chi connectivity index (χ4n) is 4.51. The van der Waals surface area contributed by atoms with Crippen LogP contribution in [-0.2, 0) is 6.42 Å². The maximum absolute atomic E-state index is 12.5. The number of hydrogen-bond donors (Lipinski definition) is 2. The molecule has 0 amide bonds. The second kappa shape index (κ2) is 9.12. The molecule has 35 heavy (non-hydrogen) atoms. The van der Waals surface area contributed by atoms with E-state index in [1.807, 2.05) is 13.1 Å². The molecule has 10 nitrogen and oxygen atoms in total. The van der Waals surface area contributed by atoms with Crippen molar-refractivity contribution in [2.24, 2.45) is 4.99 Å². The summed E-state index contributed by atoms with van der Waals surface area (Å²) in [5.74, 6) is 1.31. The first-order valence-electron chi connectivity index (χ1n) is 10.9. The van der Waals surface area contributed by atoms with Crippen molar-refractivity contribution in [2.75, 3.05) is 34.0 Å². The Morgan fingerprint density at radius 3 is 2.91 bits per heavy atom. The maximum atomic E-state index is 12.5. The van der Waals surface area contributed by atoms with E-state index >= 15 is 0 Å². The topological polar surface area (TPSA) is 118 Å². The molecule has 0 spiro atoms. The third-order valence-electron chi connectivity index (χ3n) is 6.23. The van der Waals surface area contributed by atoms with Crippen LogP contribution < -0.4 is 25.5 Å². The molecule has 0 radical (unpaired) electrons. The molecule has 2 aliphatic heterocycles. The Hall–Kier alpha value is -3.76. The summed E-state index contributed by atoms with van der Waals surface area (Å²) in [7, 11) is 3.57. The lowest BCUT2D eigenvalue weighted by Gasteiger charge is -2.35. The van der Waals surface area contributed by atoms with Crippen molar-refractivity contribution in [1.82, 2.24) is 14.5 Å². The molecule has 182 valence electrons. The molecule has 0 bridgehead atoms. The third kappa shape index (κ3) is 4.04. The van der Waals surface area contributed by atoms with Crippen molar-refractivity contribution >= 4 is 17.8 Å². The van der Waals surface area contributed by atoms with E-state index in [1.54, 1.807) is 25.3 Å². The van der Waals surface area contributed by atoms with E-state index in [0.29, 0.717) is 28.0 Å². The molecular weight excluding hydrogens is 476 g/mol. The third-order valence-corrected chi connectivity index (χ3v) is 6.47. The zero-order valence-electron chi connectivity index (χ0n) is 19.1. The van der Waals surface area contributed by atoms with Gasteiger partial charge in [-0.1, -0.05) is 17.7 Å². The van der Waals surface area contributed by atoms with Gasteiger partial charge >= 0.3 is 5.69 Å². The number of ether oxygens (including phenoxy) is 3. The minimum absolute atomic E-state index is 0.137. The van der Waals surface area contributed by atoms with Crippen LogP contribution in [0.3, 0.4) is 0 Å². The van der Waals surface area contributed by atoms with Crippen LogP contribution in [0, 0.1) is 0 Å². The van der Waals surface area contributed by atoms with E-state index in [4.69, 9.17) is 25.8 Å². The van der Waals surface area contributed by atoms with E-state index < -0.39 is 17.1 Å².